The van der Waals surface area contributed by atoms with Gasteiger partial charge in [-0.3, -0.25) is 5.10 Å². The minimum Gasteiger partial charge on any atom is -0.281 e. The quantitative estimate of drug-likeness (QED) is 0.823. The SMILES string of the molecule is CCc1[nH]nc2cccc(S(=O)(=O)Cl)c12. The van der Waals surface area contributed by atoms with Crippen molar-refractivity contribution in [2.45, 2.75) is 18.2 Å². The third-order valence-corrected chi connectivity index (χ3v) is 3.60. The molecule has 1 aromatic heterocycles. The third-order valence-electron chi connectivity index (χ3n) is 2.23. The van der Waals surface area contributed by atoms with Crippen LogP contribution in [-0.4, -0.2) is 18.6 Å². The van der Waals surface area contributed by atoms with Gasteiger partial charge in [-0.25, -0.2) is 8.42 Å². The second kappa shape index (κ2) is 3.50. The lowest BCUT2D eigenvalue weighted by Gasteiger charge is -1.99. The van der Waals surface area contributed by atoms with Gasteiger partial charge in [-0.2, -0.15) is 5.10 Å². The van der Waals surface area contributed by atoms with Gasteiger partial charge in [0.25, 0.3) is 9.05 Å². The Bertz CT molecular complexity index is 604. The third kappa shape index (κ3) is 1.72. The van der Waals surface area contributed by atoms with Gasteiger partial charge in [-0.15, -0.1) is 0 Å². The number of benzene rings is 1. The number of nitrogens with one attached hydrogen (secondary N) is 1. The molecule has 0 aliphatic carbocycles. The summed E-state index contributed by atoms with van der Waals surface area (Å²) >= 11 is 0. The lowest BCUT2D eigenvalue weighted by atomic mass is 10.2. The van der Waals surface area contributed by atoms with E-state index in [-0.39, 0.29) is 4.90 Å². The molecule has 0 aliphatic heterocycles. The zero-order chi connectivity index (χ0) is 11.1. The fourth-order valence-corrected chi connectivity index (χ4v) is 2.66. The average molecular weight is 245 g/mol. The van der Waals surface area contributed by atoms with Gasteiger partial charge in [0, 0.05) is 21.8 Å². The Morgan fingerprint density at radius 2 is 2.20 bits per heavy atom. The van der Waals surface area contributed by atoms with Crippen LogP contribution in [0.5, 0.6) is 0 Å². The summed E-state index contributed by atoms with van der Waals surface area (Å²) in [6, 6.07) is 4.85. The zero-order valence-corrected chi connectivity index (χ0v) is 9.56. The first kappa shape index (κ1) is 10.4. The summed E-state index contributed by atoms with van der Waals surface area (Å²) in [4.78, 5) is 0.118. The Labute approximate surface area is 91.7 Å². The molecule has 0 radical (unpaired) electrons. The van der Waals surface area contributed by atoms with Crippen molar-refractivity contribution in [1.82, 2.24) is 10.2 Å². The number of rotatable bonds is 2. The molecule has 0 fully saturated rings. The average Bonchev–Trinajstić information content (AvgIpc) is 2.58. The number of aromatic amines is 1. The second-order valence-corrected chi connectivity index (χ2v) is 5.68. The van der Waals surface area contributed by atoms with Crippen LogP contribution in [0.1, 0.15) is 12.6 Å². The first-order chi connectivity index (χ1) is 7.04. The molecule has 1 heterocycles. The minimum absolute atomic E-state index is 0.118. The molecular formula is C9H9ClN2O2S. The molecule has 80 valence electrons. The molecule has 15 heavy (non-hydrogen) atoms. The van der Waals surface area contributed by atoms with Crippen molar-refractivity contribution in [2.75, 3.05) is 0 Å². The molecule has 1 N–H and O–H groups in total. The number of fused-ring (bicyclic) bond motifs is 1. The highest BCUT2D eigenvalue weighted by Gasteiger charge is 2.17. The summed E-state index contributed by atoms with van der Waals surface area (Å²) in [5.41, 5.74) is 1.40. The highest BCUT2D eigenvalue weighted by Crippen LogP contribution is 2.27. The van der Waals surface area contributed by atoms with E-state index in [9.17, 15) is 8.42 Å². The van der Waals surface area contributed by atoms with E-state index in [1.54, 1.807) is 12.1 Å². The Morgan fingerprint density at radius 1 is 1.47 bits per heavy atom. The lowest BCUT2D eigenvalue weighted by Crippen LogP contribution is -1.93. The normalized spacial score (nSPS) is 12.1. The van der Waals surface area contributed by atoms with E-state index >= 15 is 0 Å². The predicted octanol–water partition coefficient (Wildman–Crippen LogP) is 2.05. The summed E-state index contributed by atoms with van der Waals surface area (Å²) in [5.74, 6) is 0. The van der Waals surface area contributed by atoms with E-state index in [4.69, 9.17) is 10.7 Å². The number of aryl methyl sites for hydroxylation is 1. The van der Waals surface area contributed by atoms with Gasteiger partial charge >= 0.3 is 0 Å². The minimum atomic E-state index is -3.72. The van der Waals surface area contributed by atoms with E-state index in [0.29, 0.717) is 17.3 Å². The standard InChI is InChI=1S/C9H9ClN2O2S/c1-2-6-9-7(12-11-6)4-3-5-8(9)15(10,13)14/h3-5H,2H2,1H3,(H,11,12). The van der Waals surface area contributed by atoms with Crippen LogP contribution >= 0.6 is 10.7 Å². The summed E-state index contributed by atoms with van der Waals surface area (Å²) < 4.78 is 22.7. The van der Waals surface area contributed by atoms with E-state index in [1.807, 2.05) is 6.92 Å². The number of nitrogens with zero attached hydrogens (tertiary/aromatic N) is 1. The summed E-state index contributed by atoms with van der Waals surface area (Å²) in [5, 5.41) is 7.41. The molecule has 1 aromatic carbocycles. The van der Waals surface area contributed by atoms with Crippen LogP contribution in [0.25, 0.3) is 10.9 Å². The van der Waals surface area contributed by atoms with Gasteiger partial charge in [0.05, 0.1) is 10.4 Å². The Kier molecular flexibility index (Phi) is 2.44. The molecule has 0 unspecified atom stereocenters. The van der Waals surface area contributed by atoms with Crippen LogP contribution in [0.2, 0.25) is 0 Å². The van der Waals surface area contributed by atoms with Gasteiger partial charge in [0.1, 0.15) is 0 Å². The zero-order valence-electron chi connectivity index (χ0n) is 7.99. The van der Waals surface area contributed by atoms with E-state index < -0.39 is 9.05 Å². The number of halogens is 1. The maximum absolute atomic E-state index is 11.3. The van der Waals surface area contributed by atoms with Crippen molar-refractivity contribution < 1.29 is 8.42 Å². The van der Waals surface area contributed by atoms with E-state index in [0.717, 1.165) is 5.69 Å². The van der Waals surface area contributed by atoms with Crippen molar-refractivity contribution in [3.8, 4) is 0 Å². The highest BCUT2D eigenvalue weighted by atomic mass is 35.7. The fraction of sp³-hybridized carbons (Fsp3) is 0.222. The predicted molar refractivity (Wildman–Crippen MR) is 58.5 cm³/mol. The van der Waals surface area contributed by atoms with Crippen LogP contribution in [-0.2, 0) is 15.5 Å². The maximum Gasteiger partial charge on any atom is 0.262 e. The molecule has 0 saturated carbocycles. The molecule has 0 atom stereocenters. The molecule has 2 aromatic rings. The molecule has 0 saturated heterocycles. The van der Waals surface area contributed by atoms with Crippen molar-refractivity contribution in [3.05, 3.63) is 23.9 Å². The molecule has 0 amide bonds. The topological polar surface area (TPSA) is 62.8 Å². The first-order valence-electron chi connectivity index (χ1n) is 4.44. The maximum atomic E-state index is 11.3. The van der Waals surface area contributed by atoms with Crippen LogP contribution in [0.4, 0.5) is 0 Å². The molecular weight excluding hydrogens is 236 g/mol. The van der Waals surface area contributed by atoms with Crippen molar-refractivity contribution in [2.24, 2.45) is 0 Å². The molecule has 6 heteroatoms. The van der Waals surface area contributed by atoms with Gasteiger partial charge in [-0.05, 0) is 18.6 Å². The molecule has 0 aliphatic rings. The van der Waals surface area contributed by atoms with Crippen LogP contribution in [0.15, 0.2) is 23.1 Å². The molecule has 2 rings (SSSR count). The van der Waals surface area contributed by atoms with E-state index in [1.165, 1.54) is 6.07 Å². The summed E-state index contributed by atoms with van der Waals surface area (Å²) in [6.07, 6.45) is 0.680. The number of H-pyrrole nitrogens is 1. The summed E-state index contributed by atoms with van der Waals surface area (Å²) in [7, 11) is 1.63. The van der Waals surface area contributed by atoms with Crippen LogP contribution in [0, 0.1) is 0 Å². The number of hydrogen-bond donors (Lipinski definition) is 1. The second-order valence-electron chi connectivity index (χ2n) is 3.14. The molecule has 0 spiro atoms. The molecule has 0 bridgehead atoms. The van der Waals surface area contributed by atoms with Crippen molar-refractivity contribution in [3.63, 3.8) is 0 Å². The molecule has 4 nitrogen and oxygen atoms in total. The monoisotopic (exact) mass is 244 g/mol. The number of hydrogen-bond acceptors (Lipinski definition) is 3. The van der Waals surface area contributed by atoms with Gasteiger partial charge in [0.2, 0.25) is 0 Å². The smallest absolute Gasteiger partial charge is 0.262 e. The van der Waals surface area contributed by atoms with Crippen LogP contribution in [0.3, 0.4) is 0 Å². The lowest BCUT2D eigenvalue weighted by molar-refractivity contribution is 0.610. The first-order valence-corrected chi connectivity index (χ1v) is 6.75. The Hall–Kier alpha value is -1.07. The Balaban J connectivity index is 2.90. The van der Waals surface area contributed by atoms with Crippen molar-refractivity contribution in [1.29, 1.82) is 0 Å². The fourth-order valence-electron chi connectivity index (χ4n) is 1.56. The van der Waals surface area contributed by atoms with Gasteiger partial charge in [0.15, 0.2) is 0 Å². The van der Waals surface area contributed by atoms with Gasteiger partial charge in [-0.1, -0.05) is 13.0 Å². The largest absolute Gasteiger partial charge is 0.281 e. The van der Waals surface area contributed by atoms with Crippen LogP contribution < -0.4 is 0 Å². The Morgan fingerprint density at radius 3 is 2.80 bits per heavy atom. The van der Waals surface area contributed by atoms with E-state index in [2.05, 4.69) is 10.2 Å². The van der Waals surface area contributed by atoms with Crippen molar-refractivity contribution >= 4 is 30.6 Å². The van der Waals surface area contributed by atoms with Gasteiger partial charge < -0.3 is 0 Å². The summed E-state index contributed by atoms with van der Waals surface area (Å²) in [6.45, 7) is 1.92. The highest BCUT2D eigenvalue weighted by molar-refractivity contribution is 8.14. The number of aromatic nitrogens is 2.